The predicted octanol–water partition coefficient (Wildman–Crippen LogP) is 2.77. The van der Waals surface area contributed by atoms with Crippen LogP contribution in [0.1, 0.15) is 48.9 Å². The average Bonchev–Trinajstić information content (AvgIpc) is 2.67. The van der Waals surface area contributed by atoms with E-state index in [0.717, 1.165) is 50.7 Å². The van der Waals surface area contributed by atoms with Gasteiger partial charge in [0, 0.05) is 12.1 Å². The van der Waals surface area contributed by atoms with Crippen molar-refractivity contribution in [2.45, 2.75) is 44.6 Å². The molecule has 1 fully saturated rings. The Morgan fingerprint density at radius 3 is 2.48 bits per heavy atom. The van der Waals surface area contributed by atoms with Crippen molar-refractivity contribution in [3.05, 3.63) is 33.6 Å². The Morgan fingerprint density at radius 1 is 1.29 bits per heavy atom. The van der Waals surface area contributed by atoms with Crippen LogP contribution in [0.25, 0.3) is 0 Å². The van der Waals surface area contributed by atoms with Gasteiger partial charge in [-0.2, -0.15) is 0 Å². The molecule has 2 rings (SSSR count). The number of carbonyl (C=O) groups is 1. The van der Waals surface area contributed by atoms with Crippen LogP contribution in [0.4, 0.5) is 15.8 Å². The second-order valence-electron chi connectivity index (χ2n) is 5.27. The van der Waals surface area contributed by atoms with Gasteiger partial charge in [-0.05, 0) is 18.9 Å². The van der Waals surface area contributed by atoms with E-state index in [-0.39, 0.29) is 6.04 Å². The molecule has 0 spiro atoms. The number of nitrogens with zero attached hydrogens (tertiary/aromatic N) is 1. The molecule has 0 saturated heterocycles. The largest absolute Gasteiger partial charge is 0.392 e. The molecule has 7 heteroatoms. The van der Waals surface area contributed by atoms with Crippen molar-refractivity contribution < 1.29 is 14.1 Å². The smallest absolute Gasteiger partial charge is 0.293 e. The molecule has 0 heterocycles. The van der Waals surface area contributed by atoms with Gasteiger partial charge in [0.15, 0.2) is 0 Å². The molecule has 1 aliphatic carbocycles. The number of nitro benzene ring substituents is 1. The molecule has 21 heavy (non-hydrogen) atoms. The Kier molecular flexibility index (Phi) is 4.72. The number of anilines is 1. The van der Waals surface area contributed by atoms with E-state index < -0.39 is 33.6 Å². The van der Waals surface area contributed by atoms with Crippen LogP contribution in [0.5, 0.6) is 0 Å². The number of rotatable bonds is 3. The second kappa shape index (κ2) is 6.51. The van der Waals surface area contributed by atoms with Crippen molar-refractivity contribution in [3.63, 3.8) is 0 Å². The highest BCUT2D eigenvalue weighted by molar-refractivity contribution is 6.01. The first kappa shape index (κ1) is 15.2. The lowest BCUT2D eigenvalue weighted by Gasteiger charge is -2.17. The minimum absolute atomic E-state index is 0.0296. The third kappa shape index (κ3) is 3.48. The summed E-state index contributed by atoms with van der Waals surface area (Å²) in [6, 6.07) is 1.84. The van der Waals surface area contributed by atoms with Crippen LogP contribution in [0, 0.1) is 15.9 Å². The van der Waals surface area contributed by atoms with Crippen molar-refractivity contribution in [3.8, 4) is 0 Å². The van der Waals surface area contributed by atoms with Crippen LogP contribution in [-0.2, 0) is 0 Å². The van der Waals surface area contributed by atoms with Gasteiger partial charge in [0.25, 0.3) is 11.6 Å². The molecule has 0 aromatic heterocycles. The number of nitrogens with one attached hydrogen (secondary N) is 1. The zero-order valence-corrected chi connectivity index (χ0v) is 11.6. The normalized spacial score (nSPS) is 16.2. The number of hydrogen-bond acceptors (Lipinski definition) is 4. The summed E-state index contributed by atoms with van der Waals surface area (Å²) in [7, 11) is 0. The van der Waals surface area contributed by atoms with Crippen LogP contribution in [0.15, 0.2) is 12.1 Å². The first-order valence-corrected chi connectivity index (χ1v) is 7.04. The summed E-state index contributed by atoms with van der Waals surface area (Å²) in [5.74, 6) is -1.52. The van der Waals surface area contributed by atoms with Crippen LogP contribution < -0.4 is 11.1 Å². The number of benzene rings is 1. The highest BCUT2D eigenvalue weighted by atomic mass is 19.1. The molecule has 0 aliphatic heterocycles. The van der Waals surface area contributed by atoms with E-state index in [4.69, 9.17) is 5.73 Å². The van der Waals surface area contributed by atoms with E-state index in [1.165, 1.54) is 0 Å². The van der Waals surface area contributed by atoms with Crippen molar-refractivity contribution >= 4 is 17.3 Å². The van der Waals surface area contributed by atoms with E-state index in [2.05, 4.69) is 5.32 Å². The summed E-state index contributed by atoms with van der Waals surface area (Å²) in [6.07, 6.45) is 5.94. The van der Waals surface area contributed by atoms with E-state index >= 15 is 0 Å². The highest BCUT2D eigenvalue weighted by Crippen LogP contribution is 2.28. The molecule has 1 saturated carbocycles. The molecule has 1 aromatic carbocycles. The maximum atomic E-state index is 13.8. The van der Waals surface area contributed by atoms with Gasteiger partial charge < -0.3 is 11.1 Å². The molecule has 114 valence electrons. The van der Waals surface area contributed by atoms with E-state index in [1.54, 1.807) is 0 Å². The molecule has 1 aromatic rings. The minimum atomic E-state index is -0.843. The van der Waals surface area contributed by atoms with Gasteiger partial charge in [0.05, 0.1) is 4.92 Å². The molecule has 0 unspecified atom stereocenters. The van der Waals surface area contributed by atoms with Gasteiger partial charge >= 0.3 is 0 Å². The van der Waals surface area contributed by atoms with Crippen LogP contribution in [0.3, 0.4) is 0 Å². The van der Waals surface area contributed by atoms with Gasteiger partial charge in [-0.1, -0.05) is 25.7 Å². The highest BCUT2D eigenvalue weighted by Gasteiger charge is 2.25. The lowest BCUT2D eigenvalue weighted by molar-refractivity contribution is -0.384. The first-order valence-electron chi connectivity index (χ1n) is 7.04. The fraction of sp³-hybridized carbons (Fsp3) is 0.500. The van der Waals surface area contributed by atoms with Gasteiger partial charge in [0.1, 0.15) is 17.1 Å². The Labute approximate surface area is 121 Å². The Bertz CT molecular complexity index is 555. The molecule has 0 radical (unpaired) electrons. The molecule has 0 atom stereocenters. The van der Waals surface area contributed by atoms with Crippen LogP contribution in [0.2, 0.25) is 0 Å². The number of halogens is 1. The number of carbonyl (C=O) groups excluding carboxylic acids is 1. The van der Waals surface area contributed by atoms with E-state index in [9.17, 15) is 19.3 Å². The lowest BCUT2D eigenvalue weighted by Crippen LogP contribution is -2.35. The second-order valence-corrected chi connectivity index (χ2v) is 5.27. The predicted molar refractivity (Wildman–Crippen MR) is 76.4 cm³/mol. The summed E-state index contributed by atoms with van der Waals surface area (Å²) in [4.78, 5) is 22.3. The van der Waals surface area contributed by atoms with Crippen LogP contribution in [-0.4, -0.2) is 16.9 Å². The minimum Gasteiger partial charge on any atom is -0.392 e. The summed E-state index contributed by atoms with van der Waals surface area (Å²) in [5.41, 5.74) is 4.26. The van der Waals surface area contributed by atoms with Crippen molar-refractivity contribution in [1.82, 2.24) is 5.32 Å². The number of nitro groups is 1. The SMILES string of the molecule is Nc1c([N+](=O)[O-])ccc(F)c1C(=O)NC1CCCCCC1. The molecule has 1 amide bonds. The van der Waals surface area contributed by atoms with Crippen molar-refractivity contribution in [2.75, 3.05) is 5.73 Å². The zero-order valence-electron chi connectivity index (χ0n) is 11.6. The van der Waals surface area contributed by atoms with Gasteiger partial charge in [-0.15, -0.1) is 0 Å². The Balaban J connectivity index is 2.22. The Morgan fingerprint density at radius 2 is 1.90 bits per heavy atom. The molecule has 6 nitrogen and oxygen atoms in total. The maximum absolute atomic E-state index is 13.8. The zero-order chi connectivity index (χ0) is 15.4. The monoisotopic (exact) mass is 295 g/mol. The van der Waals surface area contributed by atoms with Crippen molar-refractivity contribution in [1.29, 1.82) is 0 Å². The fourth-order valence-electron chi connectivity index (χ4n) is 2.65. The first-order chi connectivity index (χ1) is 10.0. The quantitative estimate of drug-likeness (QED) is 0.387. The summed E-state index contributed by atoms with van der Waals surface area (Å²) < 4.78 is 13.8. The van der Waals surface area contributed by atoms with Crippen molar-refractivity contribution in [2.24, 2.45) is 0 Å². The standard InChI is InChI=1S/C14H18FN3O3/c15-10-7-8-11(18(20)21)13(16)12(10)14(19)17-9-5-3-1-2-4-6-9/h7-9H,1-6,16H2,(H,17,19). The molecule has 0 bridgehead atoms. The fourth-order valence-corrected chi connectivity index (χ4v) is 2.65. The molecular formula is C14H18FN3O3. The topological polar surface area (TPSA) is 98.3 Å². The van der Waals surface area contributed by atoms with Gasteiger partial charge in [-0.3, -0.25) is 14.9 Å². The molecular weight excluding hydrogens is 277 g/mol. The van der Waals surface area contributed by atoms with Gasteiger partial charge in [0.2, 0.25) is 0 Å². The van der Waals surface area contributed by atoms with E-state index in [0.29, 0.717) is 0 Å². The number of amides is 1. The summed E-state index contributed by atoms with van der Waals surface area (Å²) in [6.45, 7) is 0. The van der Waals surface area contributed by atoms with Crippen LogP contribution >= 0.6 is 0 Å². The molecule has 1 aliphatic rings. The lowest BCUT2D eigenvalue weighted by atomic mass is 10.1. The number of nitrogens with two attached hydrogens (primary N) is 1. The maximum Gasteiger partial charge on any atom is 0.293 e. The van der Waals surface area contributed by atoms with E-state index in [1.807, 2.05) is 0 Å². The van der Waals surface area contributed by atoms with Gasteiger partial charge in [-0.25, -0.2) is 4.39 Å². The molecule has 3 N–H and O–H groups in total. The Hall–Kier alpha value is -2.18. The summed E-state index contributed by atoms with van der Waals surface area (Å²) >= 11 is 0. The number of nitrogen functional groups attached to an aromatic ring is 1. The number of hydrogen-bond donors (Lipinski definition) is 2. The third-order valence-electron chi connectivity index (χ3n) is 3.79. The summed E-state index contributed by atoms with van der Waals surface area (Å²) in [5, 5.41) is 13.6. The average molecular weight is 295 g/mol. The third-order valence-corrected chi connectivity index (χ3v) is 3.79.